The van der Waals surface area contributed by atoms with Crippen LogP contribution in [0.2, 0.25) is 5.02 Å². The van der Waals surface area contributed by atoms with E-state index in [4.69, 9.17) is 17.3 Å². The van der Waals surface area contributed by atoms with Crippen LogP contribution in [0.1, 0.15) is 5.56 Å². The molecule has 2 aromatic carbocycles. The van der Waals surface area contributed by atoms with Crippen molar-refractivity contribution in [2.45, 2.75) is 6.92 Å². The van der Waals surface area contributed by atoms with Crippen LogP contribution in [0.5, 0.6) is 0 Å². The van der Waals surface area contributed by atoms with Gasteiger partial charge in [-0.15, -0.1) is 0 Å². The lowest BCUT2D eigenvalue weighted by Crippen LogP contribution is -2.10. The fourth-order valence-electron chi connectivity index (χ4n) is 1.83. The van der Waals surface area contributed by atoms with Crippen molar-refractivity contribution in [3.63, 3.8) is 0 Å². The van der Waals surface area contributed by atoms with Crippen molar-refractivity contribution < 1.29 is 0 Å². The van der Waals surface area contributed by atoms with Gasteiger partial charge in [-0.05, 0) is 55.0 Å². The number of halogens is 1. The number of anilines is 3. The lowest BCUT2D eigenvalue weighted by Gasteiger charge is -2.21. The minimum atomic E-state index is 0.761. The second kappa shape index (κ2) is 4.68. The Morgan fingerprint density at radius 3 is 2.29 bits per heavy atom. The van der Waals surface area contributed by atoms with Crippen molar-refractivity contribution in [1.82, 2.24) is 0 Å². The standard InChI is InChI=1S/C14H15ClN2/c1-10-9-11(15)3-8-14(10)17(2)13-6-4-12(16)5-7-13/h3-9H,16H2,1-2H3. The summed E-state index contributed by atoms with van der Waals surface area (Å²) in [6.45, 7) is 2.05. The number of nitrogens with zero attached hydrogens (tertiary/aromatic N) is 1. The van der Waals surface area contributed by atoms with Gasteiger partial charge in [-0.2, -0.15) is 0 Å². The molecule has 0 spiro atoms. The molecule has 0 aromatic heterocycles. The molecule has 0 radical (unpaired) electrons. The van der Waals surface area contributed by atoms with E-state index < -0.39 is 0 Å². The maximum atomic E-state index is 5.95. The second-order valence-corrected chi connectivity index (χ2v) is 4.52. The number of hydrogen-bond acceptors (Lipinski definition) is 2. The monoisotopic (exact) mass is 246 g/mol. The summed E-state index contributed by atoms with van der Waals surface area (Å²) in [6, 6.07) is 13.7. The normalized spacial score (nSPS) is 10.3. The predicted molar refractivity (Wildman–Crippen MR) is 75.1 cm³/mol. The molecule has 0 amide bonds. The molecular formula is C14H15ClN2. The first-order valence-electron chi connectivity index (χ1n) is 5.43. The van der Waals surface area contributed by atoms with Crippen LogP contribution in [-0.4, -0.2) is 7.05 Å². The molecule has 0 aliphatic rings. The Hall–Kier alpha value is -1.67. The summed E-state index contributed by atoms with van der Waals surface area (Å²) in [4.78, 5) is 2.12. The van der Waals surface area contributed by atoms with Crippen molar-refractivity contribution in [3.05, 3.63) is 53.1 Å². The van der Waals surface area contributed by atoms with E-state index >= 15 is 0 Å². The molecule has 0 fully saturated rings. The average Bonchev–Trinajstić information content (AvgIpc) is 2.29. The van der Waals surface area contributed by atoms with Gasteiger partial charge in [-0.3, -0.25) is 0 Å². The molecule has 2 aromatic rings. The summed E-state index contributed by atoms with van der Waals surface area (Å²) in [5.74, 6) is 0. The fraction of sp³-hybridized carbons (Fsp3) is 0.143. The van der Waals surface area contributed by atoms with Gasteiger partial charge in [0.2, 0.25) is 0 Å². The Balaban J connectivity index is 2.36. The van der Waals surface area contributed by atoms with Gasteiger partial charge in [-0.25, -0.2) is 0 Å². The zero-order chi connectivity index (χ0) is 12.4. The zero-order valence-corrected chi connectivity index (χ0v) is 10.7. The fourth-order valence-corrected chi connectivity index (χ4v) is 2.06. The van der Waals surface area contributed by atoms with Crippen LogP contribution in [0.25, 0.3) is 0 Å². The largest absolute Gasteiger partial charge is 0.399 e. The summed E-state index contributed by atoms with van der Waals surface area (Å²) < 4.78 is 0. The van der Waals surface area contributed by atoms with Gasteiger partial charge < -0.3 is 10.6 Å². The van der Waals surface area contributed by atoms with Crippen molar-refractivity contribution in [1.29, 1.82) is 0 Å². The van der Waals surface area contributed by atoms with E-state index in [1.165, 1.54) is 0 Å². The maximum Gasteiger partial charge on any atom is 0.0438 e. The Bertz CT molecular complexity index is 520. The van der Waals surface area contributed by atoms with E-state index in [-0.39, 0.29) is 0 Å². The van der Waals surface area contributed by atoms with Crippen LogP contribution < -0.4 is 10.6 Å². The smallest absolute Gasteiger partial charge is 0.0438 e. The van der Waals surface area contributed by atoms with E-state index in [1.54, 1.807) is 0 Å². The van der Waals surface area contributed by atoms with Crippen LogP contribution in [-0.2, 0) is 0 Å². The maximum absolute atomic E-state index is 5.95. The predicted octanol–water partition coefficient (Wildman–Crippen LogP) is 4.00. The molecular weight excluding hydrogens is 232 g/mol. The van der Waals surface area contributed by atoms with Gasteiger partial charge in [0.1, 0.15) is 0 Å². The second-order valence-electron chi connectivity index (χ2n) is 4.08. The first kappa shape index (κ1) is 11.8. The molecule has 2 rings (SSSR count). The molecule has 0 heterocycles. The topological polar surface area (TPSA) is 29.3 Å². The van der Waals surface area contributed by atoms with Crippen molar-refractivity contribution in [2.75, 3.05) is 17.7 Å². The summed E-state index contributed by atoms with van der Waals surface area (Å²) in [5, 5.41) is 0.761. The van der Waals surface area contributed by atoms with Crippen LogP contribution in [0.4, 0.5) is 17.1 Å². The highest BCUT2D eigenvalue weighted by Gasteiger charge is 2.06. The molecule has 2 nitrogen and oxygen atoms in total. The van der Waals surface area contributed by atoms with Crippen LogP contribution in [0.3, 0.4) is 0 Å². The molecule has 2 N–H and O–H groups in total. The number of benzene rings is 2. The molecule has 88 valence electrons. The molecule has 3 heteroatoms. The molecule has 0 bridgehead atoms. The number of hydrogen-bond donors (Lipinski definition) is 1. The number of rotatable bonds is 2. The van der Waals surface area contributed by atoms with Gasteiger partial charge in [0.25, 0.3) is 0 Å². The van der Waals surface area contributed by atoms with Gasteiger partial charge in [0.05, 0.1) is 0 Å². The quantitative estimate of drug-likeness (QED) is 0.812. The minimum absolute atomic E-state index is 0.761. The van der Waals surface area contributed by atoms with Gasteiger partial charge >= 0.3 is 0 Å². The van der Waals surface area contributed by atoms with Crippen LogP contribution in [0.15, 0.2) is 42.5 Å². The lowest BCUT2D eigenvalue weighted by molar-refractivity contribution is 1.19. The molecule has 0 aliphatic carbocycles. The van der Waals surface area contributed by atoms with E-state index in [0.29, 0.717) is 0 Å². The van der Waals surface area contributed by atoms with Crippen molar-refractivity contribution in [3.8, 4) is 0 Å². The highest BCUT2D eigenvalue weighted by molar-refractivity contribution is 6.30. The lowest BCUT2D eigenvalue weighted by atomic mass is 10.1. The zero-order valence-electron chi connectivity index (χ0n) is 9.94. The summed E-state index contributed by atoms with van der Waals surface area (Å²) >= 11 is 5.95. The van der Waals surface area contributed by atoms with Crippen molar-refractivity contribution >= 4 is 28.7 Å². The number of nitrogen functional groups attached to an aromatic ring is 1. The first-order chi connectivity index (χ1) is 8.08. The third kappa shape index (κ3) is 2.53. The minimum Gasteiger partial charge on any atom is -0.399 e. The van der Waals surface area contributed by atoms with E-state index in [9.17, 15) is 0 Å². The third-order valence-electron chi connectivity index (χ3n) is 2.80. The Morgan fingerprint density at radius 2 is 1.71 bits per heavy atom. The van der Waals surface area contributed by atoms with Gasteiger partial charge in [0, 0.05) is 29.1 Å². The SMILES string of the molecule is Cc1cc(Cl)ccc1N(C)c1ccc(N)cc1. The Morgan fingerprint density at radius 1 is 1.06 bits per heavy atom. The summed E-state index contributed by atoms with van der Waals surface area (Å²) in [6.07, 6.45) is 0. The van der Waals surface area contributed by atoms with Crippen LogP contribution in [0, 0.1) is 6.92 Å². The van der Waals surface area contributed by atoms with Crippen molar-refractivity contribution in [2.24, 2.45) is 0 Å². The highest BCUT2D eigenvalue weighted by Crippen LogP contribution is 2.28. The first-order valence-corrected chi connectivity index (χ1v) is 5.81. The Labute approximate surface area is 107 Å². The van der Waals surface area contributed by atoms with E-state index in [1.807, 2.05) is 49.5 Å². The molecule has 0 saturated carbocycles. The molecule has 17 heavy (non-hydrogen) atoms. The highest BCUT2D eigenvalue weighted by atomic mass is 35.5. The molecule has 0 atom stereocenters. The Kier molecular flexibility index (Phi) is 3.25. The summed E-state index contributed by atoms with van der Waals surface area (Å²) in [7, 11) is 2.03. The number of nitrogens with two attached hydrogens (primary N) is 1. The molecule has 0 aliphatic heterocycles. The molecule has 0 saturated heterocycles. The molecule has 0 unspecified atom stereocenters. The average molecular weight is 247 g/mol. The number of aryl methyl sites for hydroxylation is 1. The van der Waals surface area contributed by atoms with Gasteiger partial charge in [-0.1, -0.05) is 11.6 Å². The van der Waals surface area contributed by atoms with E-state index in [0.717, 1.165) is 27.6 Å². The van der Waals surface area contributed by atoms with Gasteiger partial charge in [0.15, 0.2) is 0 Å². The summed E-state index contributed by atoms with van der Waals surface area (Å²) in [5.41, 5.74) is 9.84. The third-order valence-corrected chi connectivity index (χ3v) is 3.04. The van der Waals surface area contributed by atoms with Crippen LogP contribution >= 0.6 is 11.6 Å². The van der Waals surface area contributed by atoms with E-state index in [2.05, 4.69) is 11.8 Å².